The fourth-order valence-electron chi connectivity index (χ4n) is 2.31. The van der Waals surface area contributed by atoms with E-state index in [1.807, 2.05) is 42.5 Å². The molecule has 0 radical (unpaired) electrons. The maximum Gasteiger partial charge on any atom is 0.190 e. The zero-order chi connectivity index (χ0) is 13.2. The lowest BCUT2D eigenvalue weighted by molar-refractivity contribution is 0.102. The van der Waals surface area contributed by atoms with Crippen molar-refractivity contribution in [3.8, 4) is 0 Å². The van der Waals surface area contributed by atoms with E-state index in [0.29, 0.717) is 6.42 Å². The first-order valence-electron chi connectivity index (χ1n) is 6.20. The number of hydrogen-bond acceptors (Lipinski definition) is 3. The van der Waals surface area contributed by atoms with Crippen LogP contribution in [0.2, 0.25) is 0 Å². The van der Waals surface area contributed by atoms with E-state index < -0.39 is 0 Å². The van der Waals surface area contributed by atoms with Crippen molar-refractivity contribution in [1.29, 1.82) is 0 Å². The van der Waals surface area contributed by atoms with Gasteiger partial charge in [0.2, 0.25) is 0 Å². The Morgan fingerprint density at radius 2 is 2.05 bits per heavy atom. The molecule has 0 fully saturated rings. The largest absolute Gasteiger partial charge is 0.497 e. The molecule has 0 N–H and O–H groups in total. The molecule has 3 heteroatoms. The summed E-state index contributed by atoms with van der Waals surface area (Å²) in [6.07, 6.45) is 6.55. The van der Waals surface area contributed by atoms with Crippen LogP contribution >= 0.6 is 11.8 Å². The smallest absolute Gasteiger partial charge is 0.190 e. The predicted octanol–water partition coefficient (Wildman–Crippen LogP) is 3.76. The van der Waals surface area contributed by atoms with Gasteiger partial charge in [0.05, 0.1) is 7.11 Å². The van der Waals surface area contributed by atoms with E-state index in [1.165, 1.54) is 0 Å². The predicted molar refractivity (Wildman–Crippen MR) is 77.4 cm³/mol. The Morgan fingerprint density at radius 3 is 2.89 bits per heavy atom. The lowest BCUT2D eigenvalue weighted by atomic mass is 9.97. The minimum Gasteiger partial charge on any atom is -0.497 e. The zero-order valence-electron chi connectivity index (χ0n) is 10.7. The summed E-state index contributed by atoms with van der Waals surface area (Å²) in [4.78, 5) is 13.7. The standard InChI is InChI=1S/C16H14O2S/c1-18-12-7-6-11-10-19-15-5-3-2-4-14(15)16(17)13(11)9-8-12/h2-8H,9-10H2,1H3. The SMILES string of the molecule is COC1=CCC2=C(C=C1)CSc1ccccc1C2=O. The first-order valence-corrected chi connectivity index (χ1v) is 7.19. The van der Waals surface area contributed by atoms with E-state index >= 15 is 0 Å². The molecule has 1 aromatic rings. The number of methoxy groups -OCH3 is 1. The molecule has 1 aliphatic heterocycles. The first kappa shape index (κ1) is 12.3. The third-order valence-corrected chi connectivity index (χ3v) is 4.49. The lowest BCUT2D eigenvalue weighted by Crippen LogP contribution is -2.05. The lowest BCUT2D eigenvalue weighted by Gasteiger charge is -2.05. The molecule has 3 rings (SSSR count). The molecule has 0 saturated heterocycles. The Hall–Kier alpha value is -1.74. The molecule has 0 spiro atoms. The molecular weight excluding hydrogens is 256 g/mol. The molecule has 0 amide bonds. The Kier molecular flexibility index (Phi) is 3.30. The number of benzene rings is 1. The summed E-state index contributed by atoms with van der Waals surface area (Å²) in [6, 6.07) is 7.83. The number of rotatable bonds is 1. The zero-order valence-corrected chi connectivity index (χ0v) is 11.5. The fourth-order valence-corrected chi connectivity index (χ4v) is 3.38. The number of carbonyl (C=O) groups excluding carboxylic acids is 1. The van der Waals surface area contributed by atoms with Gasteiger partial charge in [-0.05, 0) is 36.3 Å². The molecule has 2 nitrogen and oxygen atoms in total. The number of ketones is 1. The van der Waals surface area contributed by atoms with Crippen LogP contribution in [0.15, 0.2) is 64.3 Å². The van der Waals surface area contributed by atoms with Crippen molar-refractivity contribution < 1.29 is 9.53 Å². The van der Waals surface area contributed by atoms with Gasteiger partial charge in [-0.2, -0.15) is 0 Å². The number of ether oxygens (including phenoxy) is 1. The van der Waals surface area contributed by atoms with Crippen molar-refractivity contribution in [3.05, 3.63) is 65.0 Å². The van der Waals surface area contributed by atoms with E-state index in [-0.39, 0.29) is 5.78 Å². The summed E-state index contributed by atoms with van der Waals surface area (Å²) in [6.45, 7) is 0. The normalized spacial score (nSPS) is 18.2. The summed E-state index contributed by atoms with van der Waals surface area (Å²) < 4.78 is 5.24. The molecule has 1 aromatic carbocycles. The highest BCUT2D eigenvalue weighted by Crippen LogP contribution is 2.34. The molecule has 19 heavy (non-hydrogen) atoms. The molecule has 0 bridgehead atoms. The summed E-state index contributed by atoms with van der Waals surface area (Å²) >= 11 is 1.72. The number of fused-ring (bicyclic) bond motifs is 1. The van der Waals surface area contributed by atoms with Gasteiger partial charge in [0.15, 0.2) is 5.78 Å². The number of carbonyl (C=O) groups is 1. The third kappa shape index (κ3) is 2.26. The molecule has 0 unspecified atom stereocenters. The van der Waals surface area contributed by atoms with E-state index in [9.17, 15) is 4.79 Å². The Morgan fingerprint density at radius 1 is 1.21 bits per heavy atom. The van der Waals surface area contributed by atoms with Crippen LogP contribution < -0.4 is 0 Å². The highest BCUT2D eigenvalue weighted by atomic mass is 32.2. The molecule has 0 saturated carbocycles. The van der Waals surface area contributed by atoms with E-state index in [4.69, 9.17) is 4.74 Å². The average molecular weight is 270 g/mol. The van der Waals surface area contributed by atoms with Crippen molar-refractivity contribution in [1.82, 2.24) is 0 Å². The van der Waals surface area contributed by atoms with Crippen LogP contribution in [0.4, 0.5) is 0 Å². The highest BCUT2D eigenvalue weighted by molar-refractivity contribution is 7.99. The molecular formula is C16H14O2S. The third-order valence-electron chi connectivity index (χ3n) is 3.37. The van der Waals surface area contributed by atoms with Crippen LogP contribution in [0.5, 0.6) is 0 Å². The summed E-state index contributed by atoms with van der Waals surface area (Å²) in [5.74, 6) is 1.80. The number of thioether (sulfide) groups is 1. The maximum atomic E-state index is 12.6. The van der Waals surface area contributed by atoms with Crippen molar-refractivity contribution in [3.63, 3.8) is 0 Å². The summed E-state index contributed by atoms with van der Waals surface area (Å²) in [7, 11) is 1.65. The van der Waals surface area contributed by atoms with Gasteiger partial charge in [-0.3, -0.25) is 4.79 Å². The number of allylic oxidation sites excluding steroid dienone is 4. The molecule has 2 aliphatic rings. The summed E-state index contributed by atoms with van der Waals surface area (Å²) in [5.41, 5.74) is 2.82. The Balaban J connectivity index is 2.04. The van der Waals surface area contributed by atoms with Crippen molar-refractivity contribution in [2.45, 2.75) is 11.3 Å². The van der Waals surface area contributed by atoms with Gasteiger partial charge < -0.3 is 4.74 Å². The van der Waals surface area contributed by atoms with E-state index in [1.54, 1.807) is 18.9 Å². The van der Waals surface area contributed by atoms with Crippen LogP contribution in [0.1, 0.15) is 16.8 Å². The van der Waals surface area contributed by atoms with Crippen molar-refractivity contribution in [2.24, 2.45) is 0 Å². The second-order valence-electron chi connectivity index (χ2n) is 4.47. The van der Waals surface area contributed by atoms with Crippen LogP contribution in [0, 0.1) is 0 Å². The average Bonchev–Trinajstić information content (AvgIpc) is 2.73. The minimum absolute atomic E-state index is 0.147. The molecule has 0 atom stereocenters. The van der Waals surface area contributed by atoms with Gasteiger partial charge in [-0.15, -0.1) is 11.8 Å². The highest BCUT2D eigenvalue weighted by Gasteiger charge is 2.23. The van der Waals surface area contributed by atoms with Gasteiger partial charge >= 0.3 is 0 Å². The van der Waals surface area contributed by atoms with E-state index in [2.05, 4.69) is 0 Å². The van der Waals surface area contributed by atoms with Crippen LogP contribution in [0.3, 0.4) is 0 Å². The minimum atomic E-state index is 0.147. The second kappa shape index (κ2) is 5.10. The molecule has 0 aromatic heterocycles. The number of hydrogen-bond donors (Lipinski definition) is 0. The molecule has 96 valence electrons. The van der Waals surface area contributed by atoms with Gasteiger partial charge in [0.25, 0.3) is 0 Å². The van der Waals surface area contributed by atoms with Gasteiger partial charge in [-0.25, -0.2) is 0 Å². The van der Waals surface area contributed by atoms with E-state index in [0.717, 1.165) is 33.1 Å². The van der Waals surface area contributed by atoms with Gasteiger partial charge in [-0.1, -0.05) is 18.2 Å². The topological polar surface area (TPSA) is 26.3 Å². The quantitative estimate of drug-likeness (QED) is 0.777. The van der Waals surface area contributed by atoms with Crippen LogP contribution in [-0.2, 0) is 4.74 Å². The van der Waals surface area contributed by atoms with Gasteiger partial charge in [0.1, 0.15) is 5.76 Å². The van der Waals surface area contributed by atoms with Crippen LogP contribution in [-0.4, -0.2) is 18.6 Å². The second-order valence-corrected chi connectivity index (χ2v) is 5.48. The van der Waals surface area contributed by atoms with Gasteiger partial charge in [0, 0.05) is 21.8 Å². The van der Waals surface area contributed by atoms with Crippen LogP contribution in [0.25, 0.3) is 0 Å². The Bertz CT molecular complexity index is 623. The maximum absolute atomic E-state index is 12.6. The Labute approximate surface area is 116 Å². The number of Topliss-reactive ketones (excluding diaryl/α,β-unsaturated/α-hetero) is 1. The monoisotopic (exact) mass is 270 g/mol. The van der Waals surface area contributed by atoms with Crippen molar-refractivity contribution >= 4 is 17.5 Å². The summed E-state index contributed by atoms with van der Waals surface area (Å²) in [5, 5.41) is 0. The van der Waals surface area contributed by atoms with Crippen molar-refractivity contribution in [2.75, 3.05) is 12.9 Å². The molecule has 1 aliphatic carbocycles. The fraction of sp³-hybridized carbons (Fsp3) is 0.188. The first-order chi connectivity index (χ1) is 9.29. The molecule has 1 heterocycles.